The molecule has 0 radical (unpaired) electrons. The number of nitrogens with zero attached hydrogens (tertiary/aromatic N) is 3. The van der Waals surface area contributed by atoms with E-state index in [1.54, 1.807) is 11.9 Å². The summed E-state index contributed by atoms with van der Waals surface area (Å²) in [6.45, 7) is 6.25. The molecule has 0 bridgehead atoms. The number of anilines is 1. The quantitative estimate of drug-likeness (QED) is 0.656. The van der Waals surface area contributed by atoms with Crippen LogP contribution in [-0.4, -0.2) is 46.4 Å². The van der Waals surface area contributed by atoms with E-state index in [0.717, 1.165) is 22.2 Å². The lowest BCUT2D eigenvalue weighted by Gasteiger charge is -2.19. The number of likely N-dealkylation sites (N-methyl/N-ethyl adjacent to an activating group) is 1. The van der Waals surface area contributed by atoms with Gasteiger partial charge >= 0.3 is 6.03 Å². The average Bonchev–Trinajstić information content (AvgIpc) is 3.11. The summed E-state index contributed by atoms with van der Waals surface area (Å²) in [5.74, 6) is 0.104. The summed E-state index contributed by atoms with van der Waals surface area (Å²) in [5.41, 5.74) is 2.78. The third kappa shape index (κ3) is 4.96. The zero-order chi connectivity index (χ0) is 20.8. The third-order valence-corrected chi connectivity index (χ3v) is 5.05. The molecular formula is C23H28N4O2. The van der Waals surface area contributed by atoms with Gasteiger partial charge in [-0.1, -0.05) is 30.3 Å². The maximum Gasteiger partial charge on any atom is 0.321 e. The van der Waals surface area contributed by atoms with Crippen LogP contribution < -0.4 is 5.32 Å². The number of hydrogen-bond donors (Lipinski definition) is 1. The van der Waals surface area contributed by atoms with Gasteiger partial charge < -0.3 is 19.7 Å². The maximum absolute atomic E-state index is 12.5. The molecule has 3 amide bonds. The van der Waals surface area contributed by atoms with Gasteiger partial charge in [-0.15, -0.1) is 0 Å². The van der Waals surface area contributed by atoms with Crippen LogP contribution in [0.1, 0.15) is 19.4 Å². The molecule has 1 N–H and O–H groups in total. The topological polar surface area (TPSA) is 57.6 Å². The number of fused-ring (bicyclic) bond motifs is 1. The highest BCUT2D eigenvalue weighted by molar-refractivity contribution is 5.93. The minimum absolute atomic E-state index is 0.104. The second kappa shape index (κ2) is 9.28. The van der Waals surface area contributed by atoms with E-state index in [9.17, 15) is 9.59 Å². The number of aromatic nitrogens is 1. The highest BCUT2D eigenvalue weighted by atomic mass is 16.2. The van der Waals surface area contributed by atoms with Crippen molar-refractivity contribution in [3.8, 4) is 0 Å². The summed E-state index contributed by atoms with van der Waals surface area (Å²) in [5, 5.41) is 3.93. The fraction of sp³-hybridized carbons (Fsp3) is 0.304. The molecule has 0 aliphatic heterocycles. The van der Waals surface area contributed by atoms with Gasteiger partial charge in [0.15, 0.2) is 0 Å². The molecular weight excluding hydrogens is 364 g/mol. The first-order valence-electron chi connectivity index (χ1n) is 9.94. The van der Waals surface area contributed by atoms with Crippen molar-refractivity contribution in [2.24, 2.45) is 0 Å². The molecule has 0 spiro atoms. The maximum atomic E-state index is 12.5. The minimum Gasteiger partial charge on any atom is -0.342 e. The molecule has 1 heterocycles. The highest BCUT2D eigenvalue weighted by Crippen LogP contribution is 2.21. The van der Waals surface area contributed by atoms with Crippen LogP contribution in [0.3, 0.4) is 0 Å². The van der Waals surface area contributed by atoms with E-state index in [0.29, 0.717) is 26.2 Å². The summed E-state index contributed by atoms with van der Waals surface area (Å²) in [4.78, 5) is 28.4. The van der Waals surface area contributed by atoms with Crippen molar-refractivity contribution in [2.45, 2.75) is 26.9 Å². The first-order valence-corrected chi connectivity index (χ1v) is 9.94. The summed E-state index contributed by atoms with van der Waals surface area (Å²) in [6.07, 6.45) is 1.92. The average molecular weight is 393 g/mol. The molecule has 29 heavy (non-hydrogen) atoms. The smallest absolute Gasteiger partial charge is 0.321 e. The van der Waals surface area contributed by atoms with E-state index in [2.05, 4.69) is 5.32 Å². The molecule has 152 valence electrons. The molecule has 3 aromatic rings. The Morgan fingerprint density at radius 3 is 2.41 bits per heavy atom. The Morgan fingerprint density at radius 1 is 1.00 bits per heavy atom. The molecule has 0 atom stereocenters. The summed E-state index contributed by atoms with van der Waals surface area (Å²) >= 11 is 0. The Labute approximate surface area is 171 Å². The molecule has 0 aliphatic rings. The number of carbonyl (C=O) groups is 2. The molecule has 6 heteroatoms. The van der Waals surface area contributed by atoms with Crippen LogP contribution in [-0.2, 0) is 17.9 Å². The predicted octanol–water partition coefficient (Wildman–Crippen LogP) is 4.17. The van der Waals surface area contributed by atoms with Crippen LogP contribution in [0.15, 0.2) is 60.8 Å². The second-order valence-corrected chi connectivity index (χ2v) is 7.06. The number of urea groups is 1. The zero-order valence-corrected chi connectivity index (χ0v) is 17.3. The van der Waals surface area contributed by atoms with Gasteiger partial charge in [-0.25, -0.2) is 4.79 Å². The summed E-state index contributed by atoms with van der Waals surface area (Å²) < 4.78 is 1.95. The van der Waals surface area contributed by atoms with E-state index < -0.39 is 0 Å². The number of rotatable bonds is 7. The number of hydrogen-bond acceptors (Lipinski definition) is 2. The van der Waals surface area contributed by atoms with E-state index in [1.807, 2.05) is 84.1 Å². The van der Waals surface area contributed by atoms with Crippen LogP contribution in [0.5, 0.6) is 0 Å². The van der Waals surface area contributed by atoms with Crippen molar-refractivity contribution in [3.63, 3.8) is 0 Å². The van der Waals surface area contributed by atoms with Crippen molar-refractivity contribution in [3.05, 3.63) is 66.4 Å². The van der Waals surface area contributed by atoms with Gasteiger partial charge in [0.1, 0.15) is 6.54 Å². The number of benzene rings is 2. The summed E-state index contributed by atoms with van der Waals surface area (Å²) in [7, 11) is 1.77. The van der Waals surface area contributed by atoms with E-state index in [-0.39, 0.29) is 11.9 Å². The normalized spacial score (nSPS) is 10.7. The van der Waals surface area contributed by atoms with Crippen molar-refractivity contribution in [1.29, 1.82) is 0 Å². The van der Waals surface area contributed by atoms with Crippen LogP contribution in [0.4, 0.5) is 10.5 Å². The van der Waals surface area contributed by atoms with Crippen molar-refractivity contribution in [2.75, 3.05) is 25.5 Å². The van der Waals surface area contributed by atoms with Gasteiger partial charge in [-0.3, -0.25) is 4.79 Å². The lowest BCUT2D eigenvalue weighted by atomic mass is 10.2. The zero-order valence-electron chi connectivity index (χ0n) is 17.3. The number of nitrogens with one attached hydrogen (secondary N) is 1. The van der Waals surface area contributed by atoms with E-state index >= 15 is 0 Å². The molecule has 6 nitrogen and oxygen atoms in total. The highest BCUT2D eigenvalue weighted by Gasteiger charge is 2.13. The first kappa shape index (κ1) is 20.5. The fourth-order valence-electron chi connectivity index (χ4n) is 3.39. The Bertz CT molecular complexity index is 977. The molecule has 0 fully saturated rings. The van der Waals surface area contributed by atoms with Gasteiger partial charge in [-0.2, -0.15) is 0 Å². The Kier molecular flexibility index (Phi) is 6.54. The fourth-order valence-corrected chi connectivity index (χ4v) is 3.39. The van der Waals surface area contributed by atoms with Crippen molar-refractivity contribution < 1.29 is 9.59 Å². The van der Waals surface area contributed by atoms with Crippen LogP contribution in [0.2, 0.25) is 0 Å². The molecule has 3 rings (SSSR count). The van der Waals surface area contributed by atoms with Gasteiger partial charge in [0.2, 0.25) is 5.91 Å². The van der Waals surface area contributed by atoms with E-state index in [1.165, 1.54) is 0 Å². The second-order valence-electron chi connectivity index (χ2n) is 7.06. The monoisotopic (exact) mass is 392 g/mol. The van der Waals surface area contributed by atoms with Crippen molar-refractivity contribution in [1.82, 2.24) is 14.4 Å². The molecule has 2 aromatic carbocycles. The van der Waals surface area contributed by atoms with E-state index in [4.69, 9.17) is 0 Å². The first-order chi connectivity index (χ1) is 14.0. The lowest BCUT2D eigenvalue weighted by molar-refractivity contribution is -0.131. The molecule has 1 aromatic heterocycles. The third-order valence-electron chi connectivity index (χ3n) is 5.05. The largest absolute Gasteiger partial charge is 0.342 e. The van der Waals surface area contributed by atoms with Gasteiger partial charge in [-0.05, 0) is 43.7 Å². The van der Waals surface area contributed by atoms with Crippen molar-refractivity contribution >= 4 is 28.5 Å². The lowest BCUT2D eigenvalue weighted by Crippen LogP contribution is -2.33. The molecule has 0 aliphatic carbocycles. The Balaban J connectivity index is 1.67. The van der Waals surface area contributed by atoms with Gasteiger partial charge in [0.25, 0.3) is 0 Å². The number of carbonyl (C=O) groups excluding carboxylic acids is 2. The number of amides is 3. The predicted molar refractivity (Wildman–Crippen MR) is 117 cm³/mol. The van der Waals surface area contributed by atoms with Gasteiger partial charge in [0, 0.05) is 49.5 Å². The Morgan fingerprint density at radius 2 is 1.72 bits per heavy atom. The van der Waals surface area contributed by atoms with Crippen LogP contribution in [0, 0.1) is 0 Å². The van der Waals surface area contributed by atoms with Crippen LogP contribution >= 0.6 is 0 Å². The summed E-state index contributed by atoms with van der Waals surface area (Å²) in [6, 6.07) is 17.4. The Hall–Kier alpha value is -3.28. The van der Waals surface area contributed by atoms with Gasteiger partial charge in [0.05, 0.1) is 0 Å². The van der Waals surface area contributed by atoms with Crippen LogP contribution in [0.25, 0.3) is 10.9 Å². The minimum atomic E-state index is -0.163. The SMILES string of the molecule is CCN(CC)C(=O)Cn1ccc2cc(NC(=O)N(C)Cc3ccccc3)ccc21. The molecule has 0 unspecified atom stereocenters. The molecule has 0 saturated heterocycles. The standard InChI is InChI=1S/C23H28N4O2/c1-4-26(5-2)22(28)17-27-14-13-19-15-20(11-12-21(19)27)24-23(29)25(3)16-18-9-7-6-8-10-18/h6-15H,4-5,16-17H2,1-3H3,(H,24,29). The molecule has 0 saturated carbocycles.